The van der Waals surface area contributed by atoms with Gasteiger partial charge in [-0.05, 0) is 50.6 Å². The van der Waals surface area contributed by atoms with Gasteiger partial charge in [-0.15, -0.1) is 0 Å². The van der Waals surface area contributed by atoms with Crippen LogP contribution in [0.1, 0.15) is 43.2 Å². The van der Waals surface area contributed by atoms with E-state index in [4.69, 9.17) is 9.47 Å². The average Bonchev–Trinajstić information content (AvgIpc) is 3.14. The summed E-state index contributed by atoms with van der Waals surface area (Å²) < 4.78 is 12.3. The van der Waals surface area contributed by atoms with Crippen molar-refractivity contribution < 1.29 is 19.1 Å². The van der Waals surface area contributed by atoms with E-state index in [0.717, 1.165) is 22.2 Å². The Morgan fingerprint density at radius 2 is 2.03 bits per heavy atom. The largest absolute Gasteiger partial charge is 0.481 e. The molecule has 1 aliphatic heterocycles. The molecule has 0 spiro atoms. The van der Waals surface area contributed by atoms with Crippen molar-refractivity contribution in [3.8, 4) is 11.9 Å². The zero-order valence-corrected chi connectivity index (χ0v) is 19.7. The Morgan fingerprint density at radius 3 is 2.74 bits per heavy atom. The van der Waals surface area contributed by atoms with Gasteiger partial charge in [-0.25, -0.2) is 14.6 Å². The first-order chi connectivity index (χ1) is 16.2. The lowest BCUT2D eigenvalue weighted by Crippen LogP contribution is -2.40. The number of rotatable bonds is 3. The van der Waals surface area contributed by atoms with Crippen molar-refractivity contribution >= 4 is 23.0 Å². The van der Waals surface area contributed by atoms with Crippen LogP contribution in [0.5, 0.6) is 5.88 Å². The lowest BCUT2D eigenvalue weighted by molar-refractivity contribution is 0.0224. The molecular weight excluding hydrogens is 434 g/mol. The van der Waals surface area contributed by atoms with Gasteiger partial charge in [0.05, 0.1) is 30.8 Å². The van der Waals surface area contributed by atoms with Crippen molar-refractivity contribution in [1.82, 2.24) is 19.8 Å². The number of aromatic nitrogens is 2. The van der Waals surface area contributed by atoms with E-state index in [9.17, 15) is 14.9 Å². The van der Waals surface area contributed by atoms with E-state index >= 15 is 0 Å². The van der Waals surface area contributed by atoms with Gasteiger partial charge < -0.3 is 19.7 Å². The number of hydrogen-bond acceptors (Lipinski definition) is 6. The quantitative estimate of drug-likeness (QED) is 0.632. The first kappa shape index (κ1) is 23.1. The summed E-state index contributed by atoms with van der Waals surface area (Å²) in [6.07, 6.45) is 1.72. The number of amides is 2. The van der Waals surface area contributed by atoms with E-state index < -0.39 is 11.7 Å². The number of nitrogens with zero attached hydrogens (tertiary/aromatic N) is 4. The highest BCUT2D eigenvalue weighted by Crippen LogP contribution is 2.32. The molecule has 4 rings (SSSR count). The summed E-state index contributed by atoms with van der Waals surface area (Å²) in [7, 11) is 1.54. The molecule has 0 saturated heterocycles. The lowest BCUT2D eigenvalue weighted by atomic mass is 10.0. The van der Waals surface area contributed by atoms with E-state index in [-0.39, 0.29) is 6.03 Å². The van der Waals surface area contributed by atoms with Crippen molar-refractivity contribution in [1.29, 1.82) is 5.26 Å². The first-order valence-corrected chi connectivity index (χ1v) is 11.0. The van der Waals surface area contributed by atoms with Crippen LogP contribution in [0, 0.1) is 11.3 Å². The molecule has 1 aromatic carbocycles. The van der Waals surface area contributed by atoms with Crippen molar-refractivity contribution in [2.75, 3.05) is 13.7 Å². The molecule has 0 bridgehead atoms. The van der Waals surface area contributed by atoms with Crippen molar-refractivity contribution in [2.24, 2.45) is 0 Å². The molecule has 3 aromatic rings. The molecule has 1 N–H and O–H groups in total. The lowest BCUT2D eigenvalue weighted by Gasteiger charge is -2.30. The van der Waals surface area contributed by atoms with Crippen LogP contribution in [0.15, 0.2) is 36.5 Å². The molecule has 2 amide bonds. The van der Waals surface area contributed by atoms with Crippen molar-refractivity contribution in [2.45, 2.75) is 45.9 Å². The summed E-state index contributed by atoms with van der Waals surface area (Å²) in [5.74, 6) is 0.474. The third-order valence-corrected chi connectivity index (χ3v) is 5.58. The Kier molecular flexibility index (Phi) is 6.16. The molecule has 9 nitrogen and oxygen atoms in total. The van der Waals surface area contributed by atoms with E-state index in [0.29, 0.717) is 43.0 Å². The maximum Gasteiger partial charge on any atom is 0.410 e. The Bertz CT molecular complexity index is 1300. The van der Waals surface area contributed by atoms with Crippen LogP contribution in [-0.2, 0) is 24.2 Å². The van der Waals surface area contributed by atoms with Crippen LogP contribution < -0.4 is 10.1 Å². The molecule has 176 valence electrons. The molecule has 2 aromatic heterocycles. The van der Waals surface area contributed by atoms with E-state index in [1.54, 1.807) is 47.0 Å². The topological polar surface area (TPSA) is 109 Å². The molecule has 0 radical (unpaired) electrons. The summed E-state index contributed by atoms with van der Waals surface area (Å²) in [6.45, 7) is 6.51. The summed E-state index contributed by atoms with van der Waals surface area (Å²) in [5, 5.41) is 13.1. The molecule has 34 heavy (non-hydrogen) atoms. The minimum absolute atomic E-state index is 0.280. The smallest absolute Gasteiger partial charge is 0.410 e. The van der Waals surface area contributed by atoms with Crippen molar-refractivity contribution in [3.05, 3.63) is 58.9 Å². The molecule has 3 heterocycles. The number of carbonyl (C=O) groups excluding carboxylic acids is 2. The third kappa shape index (κ3) is 4.66. The highest BCUT2D eigenvalue weighted by atomic mass is 16.6. The maximum absolute atomic E-state index is 13.3. The second-order valence-corrected chi connectivity index (χ2v) is 9.12. The number of hydrogen-bond donors (Lipinski definition) is 1. The van der Waals surface area contributed by atoms with Gasteiger partial charge in [-0.2, -0.15) is 5.26 Å². The highest BCUT2D eigenvalue weighted by molar-refractivity contribution is 5.96. The number of nitrogens with one attached hydrogen (secondary N) is 1. The number of fused-ring (bicyclic) bond motifs is 3. The molecule has 0 aliphatic carbocycles. The Balaban J connectivity index is 1.66. The Labute approximate surface area is 197 Å². The number of methoxy groups -OCH3 is 1. The maximum atomic E-state index is 13.3. The Hall–Kier alpha value is -4.06. The van der Waals surface area contributed by atoms with Crippen LogP contribution >= 0.6 is 0 Å². The second kappa shape index (κ2) is 9.06. The van der Waals surface area contributed by atoms with Crippen molar-refractivity contribution in [3.63, 3.8) is 0 Å². The standard InChI is InChI=1S/C25H27N5O4/c1-25(2,3)34-24(32)29-10-8-21-19(15-29)18-11-16(13-26)5-6-20(18)30(21)23(31)28-14-17-7-9-27-22(12-17)33-4/h5-7,9,11-12H,8,10,14-15H2,1-4H3,(H,28,31). The van der Waals surface area contributed by atoms with E-state index in [1.807, 2.05) is 26.8 Å². The number of nitriles is 1. The van der Waals surface area contributed by atoms with Gasteiger partial charge >= 0.3 is 12.1 Å². The van der Waals surface area contributed by atoms with Gasteiger partial charge in [0.2, 0.25) is 5.88 Å². The molecule has 0 fully saturated rings. The monoisotopic (exact) mass is 461 g/mol. The van der Waals surface area contributed by atoms with Crippen LogP contribution in [0.2, 0.25) is 0 Å². The average molecular weight is 462 g/mol. The second-order valence-electron chi connectivity index (χ2n) is 9.12. The normalized spacial score (nSPS) is 13.2. The number of ether oxygens (including phenoxy) is 2. The van der Waals surface area contributed by atoms with E-state index in [1.165, 1.54) is 0 Å². The summed E-state index contributed by atoms with van der Waals surface area (Å²) in [5.41, 5.74) is 3.12. The number of carbonyl (C=O) groups is 2. The number of pyridine rings is 1. The fourth-order valence-corrected chi connectivity index (χ4v) is 4.07. The van der Waals surface area contributed by atoms with Crippen LogP contribution in [0.25, 0.3) is 10.9 Å². The summed E-state index contributed by atoms with van der Waals surface area (Å²) in [6, 6.07) is 10.7. The van der Waals surface area contributed by atoms with Crippen LogP contribution in [0.4, 0.5) is 9.59 Å². The third-order valence-electron chi connectivity index (χ3n) is 5.58. The zero-order chi connectivity index (χ0) is 24.5. The van der Waals surface area contributed by atoms with Crippen LogP contribution in [-0.4, -0.2) is 45.8 Å². The molecule has 0 atom stereocenters. The van der Waals surface area contributed by atoms with Gasteiger partial charge in [0.25, 0.3) is 0 Å². The highest BCUT2D eigenvalue weighted by Gasteiger charge is 2.31. The minimum atomic E-state index is -0.602. The predicted molar refractivity (Wildman–Crippen MR) is 125 cm³/mol. The molecular formula is C25H27N5O4. The summed E-state index contributed by atoms with van der Waals surface area (Å²) in [4.78, 5) is 31.7. The first-order valence-electron chi connectivity index (χ1n) is 11.0. The van der Waals surface area contributed by atoms with Gasteiger partial charge in [0.1, 0.15) is 5.60 Å². The molecule has 0 unspecified atom stereocenters. The van der Waals surface area contributed by atoms with E-state index in [2.05, 4.69) is 16.4 Å². The molecule has 9 heteroatoms. The minimum Gasteiger partial charge on any atom is -0.481 e. The number of benzene rings is 1. The molecule has 0 saturated carbocycles. The Morgan fingerprint density at radius 1 is 1.24 bits per heavy atom. The van der Waals surface area contributed by atoms with Crippen LogP contribution in [0.3, 0.4) is 0 Å². The van der Waals surface area contributed by atoms with Gasteiger partial charge in [-0.3, -0.25) is 4.57 Å². The fraction of sp³-hybridized carbons (Fsp3) is 0.360. The SMILES string of the molecule is COc1cc(CNC(=O)n2c3c(c4cc(C#N)ccc42)CN(C(=O)OC(C)(C)C)CC3)ccn1. The fourth-order valence-electron chi connectivity index (χ4n) is 4.07. The predicted octanol–water partition coefficient (Wildman–Crippen LogP) is 3.97. The summed E-state index contributed by atoms with van der Waals surface area (Å²) >= 11 is 0. The van der Waals surface area contributed by atoms with Gasteiger partial charge in [0, 0.05) is 48.4 Å². The molecule has 1 aliphatic rings. The van der Waals surface area contributed by atoms with Gasteiger partial charge in [0.15, 0.2) is 0 Å². The zero-order valence-electron chi connectivity index (χ0n) is 19.7. The van der Waals surface area contributed by atoms with Gasteiger partial charge in [-0.1, -0.05) is 0 Å².